The molecule has 0 bridgehead atoms. The third kappa shape index (κ3) is 3.45. The van der Waals surface area contributed by atoms with E-state index >= 15 is 0 Å². The average molecular weight is 255 g/mol. The first kappa shape index (κ1) is 12.9. The highest BCUT2D eigenvalue weighted by atomic mass is 35.5. The Balaban J connectivity index is 1.88. The maximum absolute atomic E-state index is 13.0. The third-order valence-corrected chi connectivity index (χ3v) is 4.48. The predicted octanol–water partition coefficient (Wildman–Crippen LogP) is 4.86. The van der Waals surface area contributed by atoms with Crippen molar-refractivity contribution in [1.29, 1.82) is 0 Å². The molecule has 1 aliphatic rings. The van der Waals surface area contributed by atoms with E-state index in [1.807, 2.05) is 13.0 Å². The fourth-order valence-corrected chi connectivity index (χ4v) is 3.15. The molecule has 1 atom stereocenters. The van der Waals surface area contributed by atoms with E-state index in [9.17, 15) is 4.39 Å². The van der Waals surface area contributed by atoms with Crippen LogP contribution in [-0.4, -0.2) is 5.38 Å². The molecule has 0 saturated heterocycles. The highest BCUT2D eigenvalue weighted by Crippen LogP contribution is 2.32. The molecule has 0 radical (unpaired) electrons. The van der Waals surface area contributed by atoms with Crippen LogP contribution in [0.3, 0.4) is 0 Å². The fraction of sp³-hybridized carbons (Fsp3) is 0.600. The minimum atomic E-state index is -0.149. The topological polar surface area (TPSA) is 0 Å². The van der Waals surface area contributed by atoms with E-state index < -0.39 is 0 Å². The lowest BCUT2D eigenvalue weighted by atomic mass is 9.96. The number of aryl methyl sites for hydroxylation is 2. The lowest BCUT2D eigenvalue weighted by molar-refractivity contribution is 0.492. The molecule has 1 aliphatic carbocycles. The van der Waals surface area contributed by atoms with Crippen LogP contribution in [0.5, 0.6) is 0 Å². The first-order valence-electron chi connectivity index (χ1n) is 6.56. The zero-order valence-corrected chi connectivity index (χ0v) is 11.1. The van der Waals surface area contributed by atoms with Crippen LogP contribution in [0.2, 0.25) is 0 Å². The van der Waals surface area contributed by atoms with Gasteiger partial charge < -0.3 is 0 Å². The maximum Gasteiger partial charge on any atom is 0.123 e. The Labute approximate surface area is 108 Å². The zero-order valence-electron chi connectivity index (χ0n) is 10.4. The van der Waals surface area contributed by atoms with Crippen LogP contribution < -0.4 is 0 Å². The van der Waals surface area contributed by atoms with Gasteiger partial charge >= 0.3 is 0 Å². The van der Waals surface area contributed by atoms with Gasteiger partial charge in [-0.05, 0) is 61.8 Å². The number of alkyl halides is 1. The molecule has 2 heteroatoms. The molecule has 0 heterocycles. The molecule has 2 rings (SSSR count). The minimum Gasteiger partial charge on any atom is -0.207 e. The molecular weight excluding hydrogens is 235 g/mol. The van der Waals surface area contributed by atoms with Crippen LogP contribution in [0.25, 0.3) is 0 Å². The molecule has 94 valence electrons. The summed E-state index contributed by atoms with van der Waals surface area (Å²) in [4.78, 5) is 0. The summed E-state index contributed by atoms with van der Waals surface area (Å²) in [5.74, 6) is 0.557. The summed E-state index contributed by atoms with van der Waals surface area (Å²) < 4.78 is 13.0. The van der Waals surface area contributed by atoms with Gasteiger partial charge in [0.1, 0.15) is 5.82 Å². The summed E-state index contributed by atoms with van der Waals surface area (Å²) in [6.45, 7) is 1.97. The van der Waals surface area contributed by atoms with Crippen molar-refractivity contribution in [3.63, 3.8) is 0 Å². The van der Waals surface area contributed by atoms with Crippen molar-refractivity contribution in [2.75, 3.05) is 0 Å². The molecule has 1 aromatic carbocycles. The molecule has 17 heavy (non-hydrogen) atoms. The van der Waals surface area contributed by atoms with Crippen LogP contribution >= 0.6 is 11.6 Å². The Morgan fingerprint density at radius 1 is 1.35 bits per heavy atom. The largest absolute Gasteiger partial charge is 0.207 e. The summed E-state index contributed by atoms with van der Waals surface area (Å²) in [5, 5.41) is 0.293. The van der Waals surface area contributed by atoms with Gasteiger partial charge in [0.25, 0.3) is 0 Å². The van der Waals surface area contributed by atoms with E-state index in [1.165, 1.54) is 31.2 Å². The monoisotopic (exact) mass is 254 g/mol. The number of halogens is 2. The van der Waals surface area contributed by atoms with Crippen molar-refractivity contribution in [2.24, 2.45) is 5.92 Å². The molecule has 0 spiro atoms. The van der Waals surface area contributed by atoms with Gasteiger partial charge in [-0.3, -0.25) is 0 Å². The summed E-state index contributed by atoms with van der Waals surface area (Å²) >= 11 is 6.45. The lowest BCUT2D eigenvalue weighted by Crippen LogP contribution is -2.12. The van der Waals surface area contributed by atoms with Crippen LogP contribution in [0.15, 0.2) is 18.2 Å². The second-order valence-electron chi connectivity index (χ2n) is 5.17. The van der Waals surface area contributed by atoms with E-state index in [0.29, 0.717) is 11.3 Å². The number of rotatable bonds is 4. The van der Waals surface area contributed by atoms with Gasteiger partial charge in [0.15, 0.2) is 0 Å². The first-order chi connectivity index (χ1) is 8.16. The number of hydrogen-bond donors (Lipinski definition) is 0. The Morgan fingerprint density at radius 2 is 2.06 bits per heavy atom. The lowest BCUT2D eigenvalue weighted by Gasteiger charge is -2.17. The van der Waals surface area contributed by atoms with Gasteiger partial charge in [-0.15, -0.1) is 11.6 Å². The van der Waals surface area contributed by atoms with Gasteiger partial charge in [-0.2, -0.15) is 0 Å². The van der Waals surface area contributed by atoms with Gasteiger partial charge in [0.2, 0.25) is 0 Å². The second kappa shape index (κ2) is 5.86. The Kier molecular flexibility index (Phi) is 4.44. The Bertz CT molecular complexity index is 369. The van der Waals surface area contributed by atoms with E-state index in [1.54, 1.807) is 12.1 Å². The third-order valence-electron chi connectivity index (χ3n) is 3.91. The molecule has 1 saturated carbocycles. The smallest absolute Gasteiger partial charge is 0.123 e. The van der Waals surface area contributed by atoms with Crippen LogP contribution in [0.4, 0.5) is 4.39 Å². The summed E-state index contributed by atoms with van der Waals surface area (Å²) in [5.41, 5.74) is 2.27. The van der Waals surface area contributed by atoms with Crippen molar-refractivity contribution < 1.29 is 4.39 Å². The minimum absolute atomic E-state index is 0.149. The molecule has 0 aliphatic heterocycles. The van der Waals surface area contributed by atoms with Gasteiger partial charge in [-0.1, -0.05) is 18.9 Å². The van der Waals surface area contributed by atoms with Crippen LogP contribution in [0, 0.1) is 18.7 Å². The Hall–Kier alpha value is -0.560. The first-order valence-corrected chi connectivity index (χ1v) is 6.99. The highest BCUT2D eigenvalue weighted by molar-refractivity contribution is 6.20. The Morgan fingerprint density at radius 3 is 2.71 bits per heavy atom. The maximum atomic E-state index is 13.0. The normalized spacial score (nSPS) is 18.5. The molecule has 0 nitrogen and oxygen atoms in total. The van der Waals surface area contributed by atoms with Crippen molar-refractivity contribution in [3.05, 3.63) is 35.1 Å². The summed E-state index contributed by atoms with van der Waals surface area (Å²) in [7, 11) is 0. The predicted molar refractivity (Wildman–Crippen MR) is 71.1 cm³/mol. The van der Waals surface area contributed by atoms with Crippen molar-refractivity contribution in [3.8, 4) is 0 Å². The van der Waals surface area contributed by atoms with Crippen molar-refractivity contribution >= 4 is 11.6 Å². The standard InChI is InChI=1S/C15H20ClF/c1-11-10-14(17)8-6-12(11)7-9-15(16)13-4-2-3-5-13/h6,8,10,13,15H,2-5,7,9H2,1H3. The fourth-order valence-electron chi connectivity index (χ4n) is 2.79. The van der Waals surface area contributed by atoms with E-state index in [2.05, 4.69) is 0 Å². The molecule has 0 amide bonds. The SMILES string of the molecule is Cc1cc(F)ccc1CCC(Cl)C1CCCC1. The molecular formula is C15H20ClF. The quantitative estimate of drug-likeness (QED) is 0.673. The highest BCUT2D eigenvalue weighted by Gasteiger charge is 2.22. The van der Waals surface area contributed by atoms with Gasteiger partial charge in [0.05, 0.1) is 0 Å². The summed E-state index contributed by atoms with van der Waals surface area (Å²) in [6, 6.07) is 5.04. The van der Waals surface area contributed by atoms with E-state index in [0.717, 1.165) is 18.4 Å². The van der Waals surface area contributed by atoms with E-state index in [4.69, 9.17) is 11.6 Å². The van der Waals surface area contributed by atoms with Crippen molar-refractivity contribution in [2.45, 2.75) is 50.8 Å². The molecule has 1 fully saturated rings. The molecule has 1 unspecified atom stereocenters. The molecule has 1 aromatic rings. The molecule has 0 aromatic heterocycles. The van der Waals surface area contributed by atoms with Crippen LogP contribution in [-0.2, 0) is 6.42 Å². The van der Waals surface area contributed by atoms with Gasteiger partial charge in [0, 0.05) is 5.38 Å². The zero-order chi connectivity index (χ0) is 12.3. The average Bonchev–Trinajstić information content (AvgIpc) is 2.81. The van der Waals surface area contributed by atoms with Gasteiger partial charge in [-0.25, -0.2) is 4.39 Å². The van der Waals surface area contributed by atoms with Crippen molar-refractivity contribution in [1.82, 2.24) is 0 Å². The number of hydrogen-bond acceptors (Lipinski definition) is 0. The van der Waals surface area contributed by atoms with E-state index in [-0.39, 0.29) is 5.82 Å². The number of benzene rings is 1. The second-order valence-corrected chi connectivity index (χ2v) is 5.73. The van der Waals surface area contributed by atoms with Crippen LogP contribution in [0.1, 0.15) is 43.2 Å². The molecule has 0 N–H and O–H groups in total. The summed E-state index contributed by atoms with van der Waals surface area (Å²) in [6.07, 6.45) is 7.23.